The number of nitrogens with two attached hydrogens (primary N) is 1. The number of hydrogen-bond acceptors (Lipinski definition) is 9. The van der Waals surface area contributed by atoms with Crippen LogP contribution in [0.15, 0.2) is 103 Å². The second-order valence-electron chi connectivity index (χ2n) is 11.4. The first-order valence-electron chi connectivity index (χ1n) is 15.1. The van der Waals surface area contributed by atoms with Crippen LogP contribution in [0.25, 0.3) is 11.4 Å². The minimum Gasteiger partial charge on any atom is -0.357 e. The van der Waals surface area contributed by atoms with Gasteiger partial charge in [0.2, 0.25) is 5.91 Å². The molecule has 4 heterocycles. The normalized spacial score (nSPS) is 18.9. The lowest BCUT2D eigenvalue weighted by atomic mass is 10.00. The topological polar surface area (TPSA) is 116 Å². The number of benzene rings is 2. The molecule has 236 valence electrons. The summed E-state index contributed by atoms with van der Waals surface area (Å²) in [6.45, 7) is 7.11. The molecule has 46 heavy (non-hydrogen) atoms. The molecule has 4 aromatic rings. The number of alkyl halides is 1. The van der Waals surface area contributed by atoms with Crippen molar-refractivity contribution in [2.45, 2.75) is 12.1 Å². The summed E-state index contributed by atoms with van der Waals surface area (Å²) in [5.74, 6) is 6.75. The Hall–Kier alpha value is -5.23. The molecule has 1 amide bonds. The molecule has 3 N–H and O–H groups in total. The monoisotopic (exact) mass is 623 g/mol. The zero-order valence-corrected chi connectivity index (χ0v) is 25.3. The molecule has 0 radical (unpaired) electrons. The van der Waals surface area contributed by atoms with Gasteiger partial charge in [0, 0.05) is 92.4 Å². The Bertz CT molecular complexity index is 1710. The zero-order chi connectivity index (χ0) is 32.1. The van der Waals surface area contributed by atoms with Gasteiger partial charge >= 0.3 is 0 Å². The van der Waals surface area contributed by atoms with Gasteiger partial charge in [-0.25, -0.2) is 23.7 Å². The van der Waals surface area contributed by atoms with Crippen LogP contribution in [0.2, 0.25) is 0 Å². The predicted octanol–water partition coefficient (Wildman–Crippen LogP) is 4.08. The molecule has 0 saturated carbocycles. The molecule has 0 aliphatic carbocycles. The Labute approximate surface area is 266 Å². The molecular weight excluding hydrogens is 588 g/mol. The highest BCUT2D eigenvalue weighted by atomic mass is 19.1. The first-order chi connectivity index (χ1) is 22.3. The molecule has 6 rings (SSSR count). The third-order valence-electron chi connectivity index (χ3n) is 8.40. The lowest BCUT2D eigenvalue weighted by Gasteiger charge is -2.36. The van der Waals surface area contributed by atoms with Crippen molar-refractivity contribution in [1.82, 2.24) is 24.8 Å². The fourth-order valence-corrected chi connectivity index (χ4v) is 5.81. The van der Waals surface area contributed by atoms with E-state index in [9.17, 15) is 9.18 Å². The summed E-state index contributed by atoms with van der Waals surface area (Å²) < 4.78 is 29.5. The molecule has 0 spiro atoms. The van der Waals surface area contributed by atoms with E-state index >= 15 is 4.39 Å². The highest BCUT2D eigenvalue weighted by molar-refractivity contribution is 6.13. The van der Waals surface area contributed by atoms with Crippen molar-refractivity contribution < 1.29 is 13.6 Å². The number of nitrogens with zero attached hydrogens (tertiary/aromatic N) is 7. The molecule has 10 nitrogen and oxygen atoms in total. The summed E-state index contributed by atoms with van der Waals surface area (Å²) in [7, 11) is 0. The number of carbonyl (C=O) groups is 1. The molecule has 12 heteroatoms. The van der Waals surface area contributed by atoms with Gasteiger partial charge in [0.15, 0.2) is 11.5 Å². The van der Waals surface area contributed by atoms with Crippen molar-refractivity contribution in [2.24, 2.45) is 10.9 Å². The van der Waals surface area contributed by atoms with Gasteiger partial charge in [-0.05, 0) is 54.6 Å². The molecule has 2 fully saturated rings. The molecule has 1 atom stereocenters. The Morgan fingerprint density at radius 1 is 0.957 bits per heavy atom. The summed E-state index contributed by atoms with van der Waals surface area (Å²) in [5, 5.41) is 7.01. The Balaban J connectivity index is 0.998. The van der Waals surface area contributed by atoms with Gasteiger partial charge < -0.3 is 21.0 Å². The van der Waals surface area contributed by atoms with E-state index in [0.29, 0.717) is 61.1 Å². The number of likely N-dealkylation sites (tertiary alicyclic amines) is 1. The van der Waals surface area contributed by atoms with Gasteiger partial charge in [0.25, 0.3) is 0 Å². The van der Waals surface area contributed by atoms with Crippen molar-refractivity contribution in [3.63, 3.8) is 0 Å². The fourth-order valence-electron chi connectivity index (χ4n) is 5.81. The van der Waals surface area contributed by atoms with Gasteiger partial charge in [-0.3, -0.25) is 9.69 Å². The third-order valence-corrected chi connectivity index (χ3v) is 8.40. The SMILES string of the molecule is C=C(Nc1cccc(/C(=N\N)c2ccc(F)cc2)c1)C1(F)CCN(CC(=O)N2CCN(c3ccc(-c4ncccn4)cn3)CC2)C1. The van der Waals surface area contributed by atoms with Crippen LogP contribution in [-0.4, -0.2) is 87.9 Å². The van der Waals surface area contributed by atoms with Gasteiger partial charge in [-0.2, -0.15) is 5.10 Å². The number of aromatic nitrogens is 3. The van der Waals surface area contributed by atoms with Crippen LogP contribution >= 0.6 is 0 Å². The van der Waals surface area contributed by atoms with Crippen LogP contribution in [0, 0.1) is 5.82 Å². The summed E-state index contributed by atoms with van der Waals surface area (Å²) in [4.78, 5) is 32.1. The third kappa shape index (κ3) is 6.86. The summed E-state index contributed by atoms with van der Waals surface area (Å²) in [5.41, 5.74) is 1.79. The maximum absolute atomic E-state index is 16.1. The van der Waals surface area contributed by atoms with Crippen LogP contribution in [0.1, 0.15) is 17.5 Å². The lowest BCUT2D eigenvalue weighted by Crippen LogP contribution is -2.51. The van der Waals surface area contributed by atoms with E-state index in [1.165, 1.54) is 12.1 Å². The first-order valence-corrected chi connectivity index (χ1v) is 15.1. The number of carbonyl (C=O) groups excluding carboxylic acids is 1. The molecule has 1 unspecified atom stereocenters. The predicted molar refractivity (Wildman–Crippen MR) is 174 cm³/mol. The smallest absolute Gasteiger partial charge is 0.236 e. The molecule has 0 bridgehead atoms. The zero-order valence-electron chi connectivity index (χ0n) is 25.3. The number of halogens is 2. The fraction of sp³-hybridized carbons (Fsp3) is 0.265. The molecule has 2 aliphatic heterocycles. The Morgan fingerprint density at radius 2 is 1.72 bits per heavy atom. The lowest BCUT2D eigenvalue weighted by molar-refractivity contribution is -0.132. The molecule has 2 aromatic heterocycles. The number of piperazine rings is 1. The van der Waals surface area contributed by atoms with Crippen molar-refractivity contribution >= 4 is 23.1 Å². The van der Waals surface area contributed by atoms with E-state index in [4.69, 9.17) is 5.84 Å². The van der Waals surface area contributed by atoms with E-state index in [1.807, 2.05) is 28.0 Å². The van der Waals surface area contributed by atoms with E-state index < -0.39 is 5.67 Å². The highest BCUT2D eigenvalue weighted by Gasteiger charge is 2.42. The maximum atomic E-state index is 16.1. The quantitative estimate of drug-likeness (QED) is 0.163. The van der Waals surface area contributed by atoms with Gasteiger partial charge in [-0.1, -0.05) is 18.7 Å². The van der Waals surface area contributed by atoms with Crippen LogP contribution in [0.3, 0.4) is 0 Å². The molecule has 2 saturated heterocycles. The Kier molecular flexibility index (Phi) is 8.97. The van der Waals surface area contributed by atoms with Gasteiger partial charge in [0.1, 0.15) is 11.6 Å². The maximum Gasteiger partial charge on any atom is 0.236 e. The van der Waals surface area contributed by atoms with E-state index in [0.717, 1.165) is 11.4 Å². The minimum absolute atomic E-state index is 0.0194. The van der Waals surface area contributed by atoms with Crippen LogP contribution in [-0.2, 0) is 4.79 Å². The first kappa shape index (κ1) is 30.8. The number of hydrogen-bond donors (Lipinski definition) is 2. The minimum atomic E-state index is -1.71. The standard InChI is InChI=1S/C34H35F2N9O/c1-24(41-29-5-2-4-26(20-29)32(42-37)25-6-9-28(35)10-7-25)34(36)12-15-43(23-34)22-31(46)45-18-16-44(17-19-45)30-11-8-27(21-40-30)33-38-13-3-14-39-33/h2-11,13-14,20-21,41H,1,12,15-19,22-23,37H2/b42-32-. The van der Waals surface area contributed by atoms with Gasteiger partial charge in [-0.15, -0.1) is 0 Å². The average molecular weight is 624 g/mol. The number of amides is 1. The van der Waals surface area contributed by atoms with Crippen molar-refractivity contribution in [3.8, 4) is 11.4 Å². The van der Waals surface area contributed by atoms with Crippen molar-refractivity contribution in [3.05, 3.63) is 115 Å². The number of rotatable bonds is 9. The van der Waals surface area contributed by atoms with Crippen molar-refractivity contribution in [2.75, 3.05) is 56.0 Å². The average Bonchev–Trinajstić information content (AvgIpc) is 3.48. The second kappa shape index (κ2) is 13.4. The summed E-state index contributed by atoms with van der Waals surface area (Å²) >= 11 is 0. The van der Waals surface area contributed by atoms with Crippen LogP contribution in [0.4, 0.5) is 20.3 Å². The van der Waals surface area contributed by atoms with E-state index in [1.54, 1.807) is 55.0 Å². The van der Waals surface area contributed by atoms with Crippen molar-refractivity contribution in [1.29, 1.82) is 0 Å². The van der Waals surface area contributed by atoms with Crippen LogP contribution in [0.5, 0.6) is 0 Å². The summed E-state index contributed by atoms with van der Waals surface area (Å²) in [6.07, 6.45) is 5.38. The molecular formula is C34H35F2N9O. The molecule has 2 aliphatic rings. The Morgan fingerprint density at radius 3 is 2.41 bits per heavy atom. The highest BCUT2D eigenvalue weighted by Crippen LogP contribution is 2.33. The number of nitrogens with one attached hydrogen (secondary N) is 1. The largest absolute Gasteiger partial charge is 0.357 e. The van der Waals surface area contributed by atoms with E-state index in [2.05, 4.69) is 36.8 Å². The summed E-state index contributed by atoms with van der Waals surface area (Å²) in [6, 6.07) is 18.8. The second-order valence-corrected chi connectivity index (χ2v) is 11.4. The van der Waals surface area contributed by atoms with E-state index in [-0.39, 0.29) is 36.9 Å². The number of anilines is 2. The number of hydrazone groups is 1. The molecule has 2 aromatic carbocycles. The van der Waals surface area contributed by atoms with Crippen LogP contribution < -0.4 is 16.1 Å². The van der Waals surface area contributed by atoms with Gasteiger partial charge in [0.05, 0.1) is 12.3 Å². The number of pyridine rings is 1.